The molecule has 0 spiro atoms. The molecule has 0 bridgehead atoms. The lowest BCUT2D eigenvalue weighted by atomic mass is 10.2. The summed E-state index contributed by atoms with van der Waals surface area (Å²) in [5.41, 5.74) is 6.26. The van der Waals surface area contributed by atoms with Crippen molar-refractivity contribution in [1.29, 1.82) is 0 Å². The zero-order chi connectivity index (χ0) is 13.5. The highest BCUT2D eigenvalue weighted by Crippen LogP contribution is 2.05. The molecule has 0 saturated heterocycles. The number of hydrogen-bond acceptors (Lipinski definition) is 4. The lowest BCUT2D eigenvalue weighted by molar-refractivity contribution is 0.0758. The van der Waals surface area contributed by atoms with E-state index in [9.17, 15) is 4.79 Å². The molecule has 0 aliphatic heterocycles. The van der Waals surface area contributed by atoms with Gasteiger partial charge in [0.25, 0.3) is 5.91 Å². The van der Waals surface area contributed by atoms with Crippen molar-refractivity contribution in [2.75, 3.05) is 13.1 Å². The molecule has 6 heteroatoms. The van der Waals surface area contributed by atoms with Crippen LogP contribution in [0.1, 0.15) is 36.3 Å². The van der Waals surface area contributed by atoms with Gasteiger partial charge in [-0.15, -0.1) is 0 Å². The zero-order valence-corrected chi connectivity index (χ0v) is 10.6. The molecule has 18 heavy (non-hydrogen) atoms. The monoisotopic (exact) mass is 250 g/mol. The minimum absolute atomic E-state index is 0.0256. The van der Waals surface area contributed by atoms with Gasteiger partial charge in [-0.05, 0) is 25.5 Å². The number of oxime groups is 1. The number of carbonyl (C=O) groups excluding carboxylic acids is 1. The molecule has 6 nitrogen and oxygen atoms in total. The predicted octanol–water partition coefficient (Wildman–Crippen LogP) is 1.05. The van der Waals surface area contributed by atoms with Crippen molar-refractivity contribution >= 4 is 11.7 Å². The Balaban J connectivity index is 2.87. The molecule has 0 aromatic carbocycles. The topological polar surface area (TPSA) is 91.8 Å². The molecule has 0 atom stereocenters. The van der Waals surface area contributed by atoms with Crippen LogP contribution in [0.5, 0.6) is 0 Å². The van der Waals surface area contributed by atoms with Gasteiger partial charge in [-0.1, -0.05) is 12.1 Å². The van der Waals surface area contributed by atoms with Crippen LogP contribution in [0.3, 0.4) is 0 Å². The third-order valence-corrected chi connectivity index (χ3v) is 2.55. The van der Waals surface area contributed by atoms with Crippen molar-refractivity contribution in [3.63, 3.8) is 0 Å². The fourth-order valence-corrected chi connectivity index (χ4v) is 1.56. The Kier molecular flexibility index (Phi) is 5.10. The molecular weight excluding hydrogens is 232 g/mol. The van der Waals surface area contributed by atoms with Crippen molar-refractivity contribution in [3.05, 3.63) is 29.6 Å². The number of hydrogen-bond donors (Lipinski definition) is 2. The summed E-state index contributed by atoms with van der Waals surface area (Å²) in [7, 11) is 0. The van der Waals surface area contributed by atoms with E-state index in [0.29, 0.717) is 24.3 Å². The molecule has 0 fully saturated rings. The summed E-state index contributed by atoms with van der Waals surface area (Å²) >= 11 is 0. The average Bonchev–Trinajstić information content (AvgIpc) is 2.43. The minimum Gasteiger partial charge on any atom is -0.409 e. The first kappa shape index (κ1) is 14.0. The van der Waals surface area contributed by atoms with Crippen LogP contribution in [0, 0.1) is 0 Å². The maximum absolute atomic E-state index is 12.1. The van der Waals surface area contributed by atoms with Crippen LogP contribution >= 0.6 is 0 Å². The van der Waals surface area contributed by atoms with Gasteiger partial charge in [-0.3, -0.25) is 9.78 Å². The van der Waals surface area contributed by atoms with Crippen molar-refractivity contribution in [1.82, 2.24) is 9.88 Å². The van der Waals surface area contributed by atoms with Gasteiger partial charge in [-0.2, -0.15) is 0 Å². The number of pyridine rings is 1. The van der Waals surface area contributed by atoms with Crippen LogP contribution in [0.25, 0.3) is 0 Å². The van der Waals surface area contributed by atoms with Crippen LogP contribution in [0.2, 0.25) is 0 Å². The summed E-state index contributed by atoms with van der Waals surface area (Å²) in [6, 6.07) is 3.18. The molecule has 0 unspecified atom stereocenters. The second kappa shape index (κ2) is 6.58. The summed E-state index contributed by atoms with van der Waals surface area (Å²) < 4.78 is 0. The Bertz CT molecular complexity index is 428. The highest BCUT2D eigenvalue weighted by Gasteiger charge is 2.14. The Hall–Kier alpha value is -2.11. The summed E-state index contributed by atoms with van der Waals surface area (Å²) in [6.45, 7) is 5.30. The number of rotatable bonds is 5. The van der Waals surface area contributed by atoms with E-state index in [1.54, 1.807) is 17.0 Å². The van der Waals surface area contributed by atoms with E-state index in [1.807, 2.05) is 13.8 Å². The first-order chi connectivity index (χ1) is 8.63. The predicted molar refractivity (Wildman–Crippen MR) is 68.6 cm³/mol. The number of amides is 1. The SMILES string of the molecule is CCCN(CC)C(=O)c1ccc(C(N)=NO)cn1. The number of aromatic nitrogens is 1. The number of carbonyl (C=O) groups is 1. The molecule has 1 aromatic heterocycles. The van der Waals surface area contributed by atoms with Gasteiger partial charge in [0.1, 0.15) is 5.69 Å². The molecular formula is C12H18N4O2. The normalized spacial score (nSPS) is 11.3. The summed E-state index contributed by atoms with van der Waals surface area (Å²) in [6.07, 6.45) is 2.32. The molecule has 3 N–H and O–H groups in total. The smallest absolute Gasteiger partial charge is 0.272 e. The van der Waals surface area contributed by atoms with Crippen LogP contribution in [-0.2, 0) is 0 Å². The Morgan fingerprint density at radius 1 is 1.50 bits per heavy atom. The summed E-state index contributed by atoms with van der Waals surface area (Å²) in [5, 5.41) is 11.4. The maximum atomic E-state index is 12.1. The van der Waals surface area contributed by atoms with Crippen LogP contribution in [0.4, 0.5) is 0 Å². The van der Waals surface area contributed by atoms with E-state index in [4.69, 9.17) is 10.9 Å². The van der Waals surface area contributed by atoms with Crippen molar-refractivity contribution < 1.29 is 10.0 Å². The van der Waals surface area contributed by atoms with Gasteiger partial charge in [0.2, 0.25) is 0 Å². The molecule has 0 aliphatic rings. The third-order valence-electron chi connectivity index (χ3n) is 2.55. The van der Waals surface area contributed by atoms with Crippen LogP contribution in [-0.4, -0.2) is 39.9 Å². The van der Waals surface area contributed by atoms with Crippen molar-refractivity contribution in [3.8, 4) is 0 Å². The first-order valence-corrected chi connectivity index (χ1v) is 5.87. The van der Waals surface area contributed by atoms with Crippen LogP contribution in [0.15, 0.2) is 23.5 Å². The highest BCUT2D eigenvalue weighted by molar-refractivity contribution is 5.98. The van der Waals surface area contributed by atoms with E-state index in [2.05, 4.69) is 10.1 Å². The van der Waals surface area contributed by atoms with Gasteiger partial charge in [0.15, 0.2) is 5.84 Å². The molecule has 98 valence electrons. The van der Waals surface area contributed by atoms with Gasteiger partial charge >= 0.3 is 0 Å². The van der Waals surface area contributed by atoms with E-state index >= 15 is 0 Å². The van der Waals surface area contributed by atoms with E-state index < -0.39 is 0 Å². The Morgan fingerprint density at radius 2 is 2.22 bits per heavy atom. The van der Waals surface area contributed by atoms with Crippen molar-refractivity contribution in [2.24, 2.45) is 10.9 Å². The quantitative estimate of drug-likeness (QED) is 0.353. The molecule has 0 radical (unpaired) electrons. The van der Waals surface area contributed by atoms with E-state index in [1.165, 1.54) is 6.20 Å². The van der Waals surface area contributed by atoms with Crippen molar-refractivity contribution in [2.45, 2.75) is 20.3 Å². The second-order valence-electron chi connectivity index (χ2n) is 3.80. The number of amidine groups is 1. The molecule has 1 amide bonds. The lowest BCUT2D eigenvalue weighted by Crippen LogP contribution is -2.32. The highest BCUT2D eigenvalue weighted by atomic mass is 16.4. The molecule has 0 saturated carbocycles. The maximum Gasteiger partial charge on any atom is 0.272 e. The van der Waals surface area contributed by atoms with Gasteiger partial charge in [0, 0.05) is 24.8 Å². The zero-order valence-electron chi connectivity index (χ0n) is 10.6. The lowest BCUT2D eigenvalue weighted by Gasteiger charge is -2.19. The molecule has 1 heterocycles. The molecule has 1 rings (SSSR count). The minimum atomic E-state index is -0.106. The average molecular weight is 250 g/mol. The summed E-state index contributed by atoms with van der Waals surface area (Å²) in [4.78, 5) is 17.8. The van der Waals surface area contributed by atoms with Crippen LogP contribution < -0.4 is 5.73 Å². The van der Waals surface area contributed by atoms with E-state index in [-0.39, 0.29) is 11.7 Å². The van der Waals surface area contributed by atoms with Gasteiger partial charge in [-0.25, -0.2) is 0 Å². The second-order valence-corrected chi connectivity index (χ2v) is 3.80. The first-order valence-electron chi connectivity index (χ1n) is 5.87. The molecule has 1 aromatic rings. The standard InChI is InChI=1S/C12H18N4O2/c1-3-7-16(4-2)12(17)10-6-5-9(8-14-10)11(13)15-18/h5-6,8,18H,3-4,7H2,1-2H3,(H2,13,15). The number of nitrogens with zero attached hydrogens (tertiary/aromatic N) is 3. The summed E-state index contributed by atoms with van der Waals surface area (Å²) in [5.74, 6) is -0.132. The van der Waals surface area contributed by atoms with E-state index in [0.717, 1.165) is 6.42 Å². The Morgan fingerprint density at radius 3 is 2.67 bits per heavy atom. The number of nitrogens with two attached hydrogens (primary N) is 1. The van der Waals surface area contributed by atoms with Gasteiger partial charge < -0.3 is 15.8 Å². The molecule has 0 aliphatic carbocycles. The fraction of sp³-hybridized carbons (Fsp3) is 0.417. The van der Waals surface area contributed by atoms with Gasteiger partial charge in [0.05, 0.1) is 0 Å². The Labute approximate surface area is 106 Å². The largest absolute Gasteiger partial charge is 0.409 e. The fourth-order valence-electron chi connectivity index (χ4n) is 1.56. The third kappa shape index (κ3) is 3.19.